The van der Waals surface area contributed by atoms with Crippen LogP contribution in [0.3, 0.4) is 0 Å². The van der Waals surface area contributed by atoms with Crippen molar-refractivity contribution in [3.8, 4) is 5.75 Å². The molecule has 1 aliphatic heterocycles. The van der Waals surface area contributed by atoms with Gasteiger partial charge >= 0.3 is 6.36 Å². The molecule has 0 amide bonds. The minimum absolute atomic E-state index is 0.186. The fourth-order valence-electron chi connectivity index (χ4n) is 3.30. The van der Waals surface area contributed by atoms with Gasteiger partial charge in [0.1, 0.15) is 23.7 Å². The van der Waals surface area contributed by atoms with Gasteiger partial charge in [-0.3, -0.25) is 4.90 Å². The molecule has 28 heavy (non-hydrogen) atoms. The van der Waals surface area contributed by atoms with Crippen LogP contribution < -0.4 is 15.0 Å². The number of piperidine rings is 1. The molecule has 1 aromatic carbocycles. The number of benzene rings is 1. The second-order valence-electron chi connectivity index (χ2n) is 7.07. The SMILES string of the molecule is CN(C)c1cc(NC2CCCN(Cc3cccc(OC(F)(F)F)c3)C2)ncn1. The number of likely N-dealkylation sites (tertiary alicyclic amines) is 1. The van der Waals surface area contributed by atoms with Crippen molar-refractivity contribution in [1.29, 1.82) is 0 Å². The predicted octanol–water partition coefficient (Wildman–Crippen LogP) is 3.52. The van der Waals surface area contributed by atoms with E-state index in [4.69, 9.17) is 0 Å². The van der Waals surface area contributed by atoms with Gasteiger partial charge in [-0.05, 0) is 37.1 Å². The van der Waals surface area contributed by atoms with Gasteiger partial charge in [-0.15, -0.1) is 13.2 Å². The summed E-state index contributed by atoms with van der Waals surface area (Å²) in [5, 5.41) is 3.44. The molecule has 1 atom stereocenters. The molecule has 1 fully saturated rings. The van der Waals surface area contributed by atoms with Crippen LogP contribution in [-0.2, 0) is 6.54 Å². The Morgan fingerprint density at radius 2 is 2.07 bits per heavy atom. The number of hydrogen-bond donors (Lipinski definition) is 1. The second kappa shape index (κ2) is 8.64. The van der Waals surface area contributed by atoms with E-state index in [1.165, 1.54) is 18.5 Å². The highest BCUT2D eigenvalue weighted by atomic mass is 19.4. The quantitative estimate of drug-likeness (QED) is 0.808. The predicted molar refractivity (Wildman–Crippen MR) is 101 cm³/mol. The van der Waals surface area contributed by atoms with Gasteiger partial charge in [0.15, 0.2) is 0 Å². The molecule has 1 saturated heterocycles. The average molecular weight is 395 g/mol. The lowest BCUT2D eigenvalue weighted by Gasteiger charge is -2.33. The summed E-state index contributed by atoms with van der Waals surface area (Å²) in [7, 11) is 3.84. The van der Waals surface area contributed by atoms with Crippen LogP contribution in [0.4, 0.5) is 24.8 Å². The first-order chi connectivity index (χ1) is 13.3. The van der Waals surface area contributed by atoms with E-state index in [0.29, 0.717) is 6.54 Å². The standard InChI is InChI=1S/C19H24F3N5O/c1-26(2)18-10-17(23-13-24-18)25-15-6-4-8-27(12-15)11-14-5-3-7-16(9-14)28-19(20,21)22/h3,5,7,9-10,13,15H,4,6,8,11-12H2,1-2H3,(H,23,24,25). The van der Waals surface area contributed by atoms with Crippen molar-refractivity contribution in [1.82, 2.24) is 14.9 Å². The first-order valence-electron chi connectivity index (χ1n) is 9.11. The monoisotopic (exact) mass is 395 g/mol. The van der Waals surface area contributed by atoms with Gasteiger partial charge in [-0.1, -0.05) is 12.1 Å². The highest BCUT2D eigenvalue weighted by Gasteiger charge is 2.31. The molecule has 3 rings (SSSR count). The van der Waals surface area contributed by atoms with E-state index in [0.717, 1.165) is 43.1 Å². The Kier molecular flexibility index (Phi) is 6.23. The Morgan fingerprint density at radius 1 is 1.25 bits per heavy atom. The molecule has 0 spiro atoms. The van der Waals surface area contributed by atoms with Crippen LogP contribution in [-0.4, -0.2) is 54.5 Å². The summed E-state index contributed by atoms with van der Waals surface area (Å²) < 4.78 is 41.3. The number of anilines is 2. The van der Waals surface area contributed by atoms with Crippen molar-refractivity contribution in [2.24, 2.45) is 0 Å². The van der Waals surface area contributed by atoms with E-state index < -0.39 is 6.36 Å². The molecular weight excluding hydrogens is 371 g/mol. The summed E-state index contributed by atoms with van der Waals surface area (Å²) >= 11 is 0. The normalized spacial score (nSPS) is 18.0. The topological polar surface area (TPSA) is 53.5 Å². The minimum Gasteiger partial charge on any atom is -0.406 e. The third-order valence-electron chi connectivity index (χ3n) is 4.51. The van der Waals surface area contributed by atoms with E-state index in [9.17, 15) is 13.2 Å². The Balaban J connectivity index is 1.59. The fourth-order valence-corrected chi connectivity index (χ4v) is 3.30. The van der Waals surface area contributed by atoms with Gasteiger partial charge in [0.25, 0.3) is 0 Å². The molecule has 9 heteroatoms. The first kappa shape index (κ1) is 20.2. The van der Waals surface area contributed by atoms with Crippen molar-refractivity contribution in [3.63, 3.8) is 0 Å². The maximum absolute atomic E-state index is 12.4. The molecule has 152 valence electrons. The lowest BCUT2D eigenvalue weighted by atomic mass is 10.0. The van der Waals surface area contributed by atoms with E-state index in [2.05, 4.69) is 24.9 Å². The first-order valence-corrected chi connectivity index (χ1v) is 9.11. The second-order valence-corrected chi connectivity index (χ2v) is 7.07. The Bertz CT molecular complexity index is 784. The highest BCUT2D eigenvalue weighted by molar-refractivity contribution is 5.47. The van der Waals surface area contributed by atoms with Crippen LogP contribution in [0, 0.1) is 0 Å². The number of alkyl halides is 3. The number of nitrogens with one attached hydrogen (secondary N) is 1. The lowest BCUT2D eigenvalue weighted by Crippen LogP contribution is -2.41. The van der Waals surface area contributed by atoms with Gasteiger partial charge in [-0.2, -0.15) is 0 Å². The maximum atomic E-state index is 12.4. The fraction of sp³-hybridized carbons (Fsp3) is 0.474. The number of rotatable bonds is 6. The molecule has 1 N–H and O–H groups in total. The van der Waals surface area contributed by atoms with E-state index in [-0.39, 0.29) is 11.8 Å². The van der Waals surface area contributed by atoms with Crippen molar-refractivity contribution < 1.29 is 17.9 Å². The van der Waals surface area contributed by atoms with Gasteiger partial charge in [0.2, 0.25) is 0 Å². The largest absolute Gasteiger partial charge is 0.573 e. The number of aromatic nitrogens is 2. The Morgan fingerprint density at radius 3 is 2.82 bits per heavy atom. The number of nitrogens with zero attached hydrogens (tertiary/aromatic N) is 4. The Hall–Kier alpha value is -2.55. The molecule has 6 nitrogen and oxygen atoms in total. The summed E-state index contributed by atoms with van der Waals surface area (Å²) in [6.45, 7) is 2.25. The van der Waals surface area contributed by atoms with Crippen LogP contribution in [0.1, 0.15) is 18.4 Å². The van der Waals surface area contributed by atoms with Crippen molar-refractivity contribution in [2.45, 2.75) is 31.8 Å². The smallest absolute Gasteiger partial charge is 0.406 e. The zero-order chi connectivity index (χ0) is 20.1. The van der Waals surface area contributed by atoms with E-state index in [1.807, 2.05) is 31.1 Å². The Labute approximate surface area is 162 Å². The molecule has 0 aliphatic carbocycles. The average Bonchev–Trinajstić information content (AvgIpc) is 2.61. The summed E-state index contributed by atoms with van der Waals surface area (Å²) in [5.41, 5.74) is 0.791. The van der Waals surface area contributed by atoms with Gasteiger partial charge in [-0.25, -0.2) is 9.97 Å². The zero-order valence-corrected chi connectivity index (χ0v) is 15.9. The summed E-state index contributed by atoms with van der Waals surface area (Å²) in [6, 6.07) is 8.27. The van der Waals surface area contributed by atoms with Crippen molar-refractivity contribution in [3.05, 3.63) is 42.2 Å². The van der Waals surface area contributed by atoms with Crippen LogP contribution in [0.25, 0.3) is 0 Å². The van der Waals surface area contributed by atoms with Crippen LogP contribution in [0.2, 0.25) is 0 Å². The molecule has 1 aromatic heterocycles. The molecule has 2 heterocycles. The zero-order valence-electron chi connectivity index (χ0n) is 15.9. The highest BCUT2D eigenvalue weighted by Crippen LogP contribution is 2.25. The molecular formula is C19H24F3N5O. The van der Waals surface area contributed by atoms with Gasteiger partial charge in [0.05, 0.1) is 0 Å². The number of halogens is 3. The third-order valence-corrected chi connectivity index (χ3v) is 4.51. The molecule has 0 saturated carbocycles. The van der Waals surface area contributed by atoms with E-state index in [1.54, 1.807) is 6.07 Å². The van der Waals surface area contributed by atoms with Crippen LogP contribution in [0.15, 0.2) is 36.7 Å². The number of hydrogen-bond acceptors (Lipinski definition) is 6. The third kappa shape index (κ3) is 5.98. The van der Waals surface area contributed by atoms with Crippen molar-refractivity contribution >= 4 is 11.6 Å². The number of ether oxygens (including phenoxy) is 1. The molecule has 0 bridgehead atoms. The van der Waals surface area contributed by atoms with Gasteiger partial charge in [0, 0.05) is 39.3 Å². The van der Waals surface area contributed by atoms with E-state index >= 15 is 0 Å². The summed E-state index contributed by atoms with van der Waals surface area (Å²) in [6.07, 6.45) is -1.14. The summed E-state index contributed by atoms with van der Waals surface area (Å²) in [5.74, 6) is 1.41. The molecule has 0 radical (unpaired) electrons. The molecule has 1 aliphatic rings. The summed E-state index contributed by atoms with van der Waals surface area (Å²) in [4.78, 5) is 12.6. The molecule has 2 aromatic rings. The maximum Gasteiger partial charge on any atom is 0.573 e. The van der Waals surface area contributed by atoms with Crippen molar-refractivity contribution in [2.75, 3.05) is 37.4 Å². The molecule has 1 unspecified atom stereocenters. The minimum atomic E-state index is -4.68. The van der Waals surface area contributed by atoms with Gasteiger partial charge < -0.3 is 15.0 Å². The van der Waals surface area contributed by atoms with Crippen LogP contribution >= 0.6 is 0 Å². The lowest BCUT2D eigenvalue weighted by molar-refractivity contribution is -0.274. The van der Waals surface area contributed by atoms with Crippen LogP contribution in [0.5, 0.6) is 5.75 Å².